The number of carbonyl (C=O) groups is 1. The summed E-state index contributed by atoms with van der Waals surface area (Å²) >= 11 is 0. The Bertz CT molecular complexity index is 302. The fraction of sp³-hybridized carbons (Fsp3) is 0.875. The van der Waals surface area contributed by atoms with Crippen molar-refractivity contribution < 1.29 is 14.3 Å². The molecule has 0 saturated heterocycles. The zero-order chi connectivity index (χ0) is 15.8. The average Bonchev–Trinajstić information content (AvgIpc) is 2.50. The molecule has 0 aliphatic heterocycles. The van der Waals surface area contributed by atoms with Crippen molar-refractivity contribution in [3.8, 4) is 0 Å². The van der Waals surface area contributed by atoms with Crippen molar-refractivity contribution in [1.82, 2.24) is 5.32 Å². The van der Waals surface area contributed by atoms with Crippen LogP contribution in [-0.2, 0) is 9.53 Å². The number of nitrogens with zero attached hydrogens (tertiary/aromatic N) is 1. The Labute approximate surface area is 128 Å². The van der Waals surface area contributed by atoms with Crippen LogP contribution in [0.5, 0.6) is 0 Å². The summed E-state index contributed by atoms with van der Waals surface area (Å²) < 4.78 is 5.24. The second-order valence-corrected chi connectivity index (χ2v) is 5.33. The minimum Gasteiger partial charge on any atom is -0.449 e. The van der Waals surface area contributed by atoms with Gasteiger partial charge in [0.2, 0.25) is 6.08 Å². The number of nitrogens with one attached hydrogen (secondary N) is 1. The van der Waals surface area contributed by atoms with E-state index >= 15 is 0 Å². The van der Waals surface area contributed by atoms with E-state index < -0.39 is 0 Å². The van der Waals surface area contributed by atoms with Gasteiger partial charge < -0.3 is 10.1 Å². The van der Waals surface area contributed by atoms with Gasteiger partial charge in [-0.05, 0) is 25.2 Å². The van der Waals surface area contributed by atoms with E-state index in [-0.39, 0.29) is 6.09 Å². The SMILES string of the molecule is CCCC[C@@H](CC)COC(=O)NCCCCCCN=C=O. The summed E-state index contributed by atoms with van der Waals surface area (Å²) in [6.45, 7) is 6.02. The van der Waals surface area contributed by atoms with Gasteiger partial charge in [0.05, 0.1) is 13.2 Å². The minimum atomic E-state index is -0.310. The lowest BCUT2D eigenvalue weighted by Crippen LogP contribution is -2.27. The van der Waals surface area contributed by atoms with Crippen molar-refractivity contribution >= 4 is 12.2 Å². The molecule has 0 aliphatic rings. The molecule has 0 radical (unpaired) electrons. The highest BCUT2D eigenvalue weighted by Crippen LogP contribution is 2.12. The third-order valence-corrected chi connectivity index (χ3v) is 3.52. The summed E-state index contributed by atoms with van der Waals surface area (Å²) in [5.74, 6) is 0.481. The molecule has 0 spiro atoms. The van der Waals surface area contributed by atoms with Crippen LogP contribution < -0.4 is 5.32 Å². The van der Waals surface area contributed by atoms with Crippen molar-refractivity contribution in [2.45, 2.75) is 65.2 Å². The number of aliphatic imine (C=N–C) groups is 1. The van der Waals surface area contributed by atoms with E-state index in [1.54, 1.807) is 0 Å². The first-order valence-corrected chi connectivity index (χ1v) is 8.18. The van der Waals surface area contributed by atoms with Crippen LogP contribution in [0.3, 0.4) is 0 Å². The van der Waals surface area contributed by atoms with E-state index in [4.69, 9.17) is 4.74 Å². The van der Waals surface area contributed by atoms with Gasteiger partial charge in [-0.3, -0.25) is 0 Å². The van der Waals surface area contributed by atoms with Gasteiger partial charge in [-0.1, -0.05) is 46.0 Å². The van der Waals surface area contributed by atoms with Crippen LogP contribution in [0.15, 0.2) is 4.99 Å². The number of carbonyl (C=O) groups excluding carboxylic acids is 2. The predicted octanol–water partition coefficient (Wildman–Crippen LogP) is 3.83. The number of alkyl carbamates (subject to hydrolysis) is 1. The van der Waals surface area contributed by atoms with Crippen LogP contribution in [0.25, 0.3) is 0 Å². The Hall–Kier alpha value is -1.35. The molecule has 0 aromatic heterocycles. The van der Waals surface area contributed by atoms with E-state index in [2.05, 4.69) is 24.2 Å². The van der Waals surface area contributed by atoms with Gasteiger partial charge >= 0.3 is 6.09 Å². The lowest BCUT2D eigenvalue weighted by atomic mass is 10.0. The Morgan fingerprint density at radius 2 is 1.95 bits per heavy atom. The molecule has 0 bridgehead atoms. The van der Waals surface area contributed by atoms with Crippen LogP contribution in [0, 0.1) is 5.92 Å². The molecule has 0 fully saturated rings. The maximum atomic E-state index is 11.5. The topological polar surface area (TPSA) is 67.8 Å². The molecule has 1 atom stereocenters. The summed E-state index contributed by atoms with van der Waals surface area (Å²) in [5.41, 5.74) is 0. The lowest BCUT2D eigenvalue weighted by Gasteiger charge is -2.14. The molecule has 5 nitrogen and oxygen atoms in total. The average molecular weight is 298 g/mol. The van der Waals surface area contributed by atoms with Crippen molar-refractivity contribution in [2.75, 3.05) is 19.7 Å². The second-order valence-electron chi connectivity index (χ2n) is 5.33. The van der Waals surface area contributed by atoms with Gasteiger partial charge in [-0.15, -0.1) is 0 Å². The van der Waals surface area contributed by atoms with Crippen LogP contribution in [0.4, 0.5) is 4.79 Å². The van der Waals surface area contributed by atoms with Gasteiger partial charge in [0.1, 0.15) is 0 Å². The van der Waals surface area contributed by atoms with E-state index in [1.807, 2.05) is 0 Å². The quantitative estimate of drug-likeness (QED) is 0.319. The number of rotatable bonds is 13. The number of unbranched alkanes of at least 4 members (excludes halogenated alkanes) is 4. The largest absolute Gasteiger partial charge is 0.449 e. The summed E-state index contributed by atoms with van der Waals surface area (Å²) in [4.78, 5) is 24.9. The van der Waals surface area contributed by atoms with E-state index in [9.17, 15) is 9.59 Å². The van der Waals surface area contributed by atoms with Crippen molar-refractivity contribution in [3.05, 3.63) is 0 Å². The standard InChI is InChI=1S/C16H30N2O3/c1-3-5-10-15(4-2)13-21-16(20)18-12-9-7-6-8-11-17-14-19/h15H,3-13H2,1-2H3,(H,18,20)/t15-/m1/s1. The maximum Gasteiger partial charge on any atom is 0.407 e. The van der Waals surface area contributed by atoms with Gasteiger partial charge in [0.15, 0.2) is 0 Å². The van der Waals surface area contributed by atoms with E-state index in [0.29, 0.717) is 25.6 Å². The molecule has 5 heteroatoms. The van der Waals surface area contributed by atoms with E-state index in [0.717, 1.165) is 38.5 Å². The van der Waals surface area contributed by atoms with Crippen LogP contribution in [-0.4, -0.2) is 31.9 Å². The zero-order valence-corrected chi connectivity index (χ0v) is 13.5. The molecule has 0 unspecified atom stereocenters. The fourth-order valence-corrected chi connectivity index (χ4v) is 2.05. The van der Waals surface area contributed by atoms with E-state index in [1.165, 1.54) is 18.9 Å². The minimum absolute atomic E-state index is 0.310. The number of isocyanates is 1. The maximum absolute atomic E-state index is 11.5. The molecule has 0 aromatic carbocycles. The highest BCUT2D eigenvalue weighted by atomic mass is 16.5. The fourth-order valence-electron chi connectivity index (χ4n) is 2.05. The molecule has 0 rings (SSSR count). The zero-order valence-electron chi connectivity index (χ0n) is 13.5. The first-order chi connectivity index (χ1) is 10.2. The predicted molar refractivity (Wildman–Crippen MR) is 84.1 cm³/mol. The molecule has 0 heterocycles. The molecule has 1 amide bonds. The van der Waals surface area contributed by atoms with Crippen LogP contribution in [0.2, 0.25) is 0 Å². The van der Waals surface area contributed by atoms with Crippen molar-refractivity contribution in [1.29, 1.82) is 0 Å². The molecule has 0 aliphatic carbocycles. The number of amides is 1. The molecule has 0 aromatic rings. The van der Waals surface area contributed by atoms with Crippen molar-refractivity contribution in [2.24, 2.45) is 10.9 Å². The normalized spacial score (nSPS) is 11.5. The van der Waals surface area contributed by atoms with Crippen LogP contribution in [0.1, 0.15) is 65.2 Å². The Balaban J connectivity index is 3.46. The molecule has 0 saturated carbocycles. The smallest absolute Gasteiger partial charge is 0.407 e. The lowest BCUT2D eigenvalue weighted by molar-refractivity contribution is 0.122. The van der Waals surface area contributed by atoms with Crippen LogP contribution >= 0.6 is 0 Å². The number of hydrogen-bond donors (Lipinski definition) is 1. The Kier molecular flexibility index (Phi) is 14.1. The molecular weight excluding hydrogens is 268 g/mol. The Morgan fingerprint density at radius 1 is 1.19 bits per heavy atom. The van der Waals surface area contributed by atoms with Gasteiger partial charge in [-0.2, -0.15) is 0 Å². The van der Waals surface area contributed by atoms with Gasteiger partial charge in [0.25, 0.3) is 0 Å². The molecular formula is C16H30N2O3. The number of hydrogen-bond acceptors (Lipinski definition) is 4. The molecule has 1 N–H and O–H groups in total. The monoisotopic (exact) mass is 298 g/mol. The van der Waals surface area contributed by atoms with Crippen molar-refractivity contribution in [3.63, 3.8) is 0 Å². The summed E-state index contributed by atoms with van der Waals surface area (Å²) in [5, 5.41) is 2.77. The molecule has 122 valence electrons. The highest BCUT2D eigenvalue weighted by Gasteiger charge is 2.09. The first kappa shape index (κ1) is 19.7. The van der Waals surface area contributed by atoms with Gasteiger partial charge in [0, 0.05) is 6.54 Å². The third-order valence-electron chi connectivity index (χ3n) is 3.52. The number of ether oxygens (including phenoxy) is 1. The molecule has 21 heavy (non-hydrogen) atoms. The van der Waals surface area contributed by atoms with Gasteiger partial charge in [-0.25, -0.2) is 14.6 Å². The summed E-state index contributed by atoms with van der Waals surface area (Å²) in [6.07, 6.45) is 9.62. The third kappa shape index (κ3) is 13.4. The summed E-state index contributed by atoms with van der Waals surface area (Å²) in [7, 11) is 0. The highest BCUT2D eigenvalue weighted by molar-refractivity contribution is 5.66. The Morgan fingerprint density at radius 3 is 2.62 bits per heavy atom. The first-order valence-electron chi connectivity index (χ1n) is 8.18. The summed E-state index contributed by atoms with van der Waals surface area (Å²) in [6, 6.07) is 0. The second kappa shape index (κ2) is 15.0.